The third-order valence-electron chi connectivity index (χ3n) is 3.72. The topological polar surface area (TPSA) is 76.7 Å². The summed E-state index contributed by atoms with van der Waals surface area (Å²) in [4.78, 5) is 0. The van der Waals surface area contributed by atoms with Crippen molar-refractivity contribution in [3.8, 4) is 0 Å². The van der Waals surface area contributed by atoms with E-state index in [1.165, 1.54) is 0 Å². The van der Waals surface area contributed by atoms with Gasteiger partial charge in [-0.15, -0.1) is 0 Å². The molecule has 0 spiro atoms. The molecule has 6 nitrogen and oxygen atoms in total. The van der Waals surface area contributed by atoms with Crippen LogP contribution in [-0.2, 0) is 19.5 Å². The van der Waals surface area contributed by atoms with Gasteiger partial charge in [-0.2, -0.15) is 0 Å². The Hall–Kier alpha value is -0.210. The Morgan fingerprint density at radius 1 is 1.14 bits per heavy atom. The highest BCUT2D eigenvalue weighted by molar-refractivity contribution is 7.89. The largest absolute Gasteiger partial charge is 0.382 e. The van der Waals surface area contributed by atoms with Crippen LogP contribution >= 0.6 is 0 Å². The highest BCUT2D eigenvalue weighted by atomic mass is 32.2. The molecular formula is C14H30N2O4S. The van der Waals surface area contributed by atoms with Crippen molar-refractivity contribution in [2.45, 2.75) is 32.1 Å². The van der Waals surface area contributed by atoms with Gasteiger partial charge in [0.25, 0.3) is 0 Å². The van der Waals surface area contributed by atoms with Gasteiger partial charge < -0.3 is 14.8 Å². The van der Waals surface area contributed by atoms with E-state index in [0.29, 0.717) is 32.3 Å². The Kier molecular flexibility index (Phi) is 10.2. The average molecular weight is 322 g/mol. The minimum atomic E-state index is -3.11. The molecular weight excluding hydrogens is 292 g/mol. The third-order valence-corrected chi connectivity index (χ3v) is 5.14. The molecule has 0 aromatic heterocycles. The minimum absolute atomic E-state index is 0.252. The van der Waals surface area contributed by atoms with Crippen molar-refractivity contribution < 1.29 is 17.9 Å². The normalized spacial score (nSPS) is 17.2. The number of ether oxygens (including phenoxy) is 2. The predicted octanol–water partition coefficient (Wildman–Crippen LogP) is 0.739. The van der Waals surface area contributed by atoms with Gasteiger partial charge in [0.05, 0.1) is 19.0 Å². The Balaban J connectivity index is 1.99. The second-order valence-corrected chi connectivity index (χ2v) is 7.43. The fourth-order valence-electron chi connectivity index (χ4n) is 2.37. The predicted molar refractivity (Wildman–Crippen MR) is 83.9 cm³/mol. The Bertz CT molecular complexity index is 343. The van der Waals surface area contributed by atoms with Crippen molar-refractivity contribution in [1.29, 1.82) is 0 Å². The second kappa shape index (κ2) is 11.4. The molecule has 7 heteroatoms. The third kappa shape index (κ3) is 10.2. The Labute approximate surface area is 129 Å². The minimum Gasteiger partial charge on any atom is -0.382 e. The summed E-state index contributed by atoms with van der Waals surface area (Å²) in [5, 5.41) is 3.29. The Morgan fingerprint density at radius 2 is 1.90 bits per heavy atom. The zero-order chi connectivity index (χ0) is 15.4. The molecule has 1 heterocycles. The summed E-state index contributed by atoms with van der Waals surface area (Å²) in [5.74, 6) is 0.805. The smallest absolute Gasteiger partial charge is 0.211 e. The summed E-state index contributed by atoms with van der Waals surface area (Å²) in [5.41, 5.74) is 0. The van der Waals surface area contributed by atoms with Crippen LogP contribution in [0.15, 0.2) is 0 Å². The fraction of sp³-hybridized carbons (Fsp3) is 1.00. The number of unbranched alkanes of at least 4 members (excludes halogenated alkanes) is 1. The molecule has 2 N–H and O–H groups in total. The lowest BCUT2D eigenvalue weighted by Crippen LogP contribution is -2.32. The van der Waals surface area contributed by atoms with Gasteiger partial charge in [-0.1, -0.05) is 0 Å². The van der Waals surface area contributed by atoms with E-state index in [1.54, 1.807) is 7.11 Å². The molecule has 21 heavy (non-hydrogen) atoms. The highest BCUT2D eigenvalue weighted by Gasteiger charge is 2.17. The summed E-state index contributed by atoms with van der Waals surface area (Å²) in [6.07, 6.45) is 4.62. The van der Waals surface area contributed by atoms with Crippen molar-refractivity contribution in [3.05, 3.63) is 0 Å². The van der Waals surface area contributed by atoms with Crippen LogP contribution in [0.2, 0.25) is 0 Å². The number of sulfonamides is 1. The van der Waals surface area contributed by atoms with E-state index in [-0.39, 0.29) is 5.75 Å². The maximum absolute atomic E-state index is 11.9. The van der Waals surface area contributed by atoms with Crippen molar-refractivity contribution in [2.75, 3.05) is 52.3 Å². The molecule has 1 aliphatic rings. The average Bonchev–Trinajstić information content (AvgIpc) is 2.49. The lowest BCUT2D eigenvalue weighted by molar-refractivity contribution is 0.0689. The number of nitrogens with one attached hydrogen (secondary N) is 2. The van der Waals surface area contributed by atoms with Crippen LogP contribution < -0.4 is 10.0 Å². The van der Waals surface area contributed by atoms with Gasteiger partial charge in [0, 0.05) is 20.3 Å². The molecule has 126 valence electrons. The molecule has 1 rings (SSSR count). The Morgan fingerprint density at radius 3 is 2.62 bits per heavy atom. The van der Waals surface area contributed by atoms with Gasteiger partial charge >= 0.3 is 0 Å². The van der Waals surface area contributed by atoms with Crippen molar-refractivity contribution in [2.24, 2.45) is 5.92 Å². The number of hydrogen-bond acceptors (Lipinski definition) is 5. The first-order valence-electron chi connectivity index (χ1n) is 7.89. The molecule has 0 bridgehead atoms. The van der Waals surface area contributed by atoms with Crippen LogP contribution in [0.4, 0.5) is 0 Å². The van der Waals surface area contributed by atoms with E-state index in [2.05, 4.69) is 10.0 Å². The van der Waals surface area contributed by atoms with E-state index < -0.39 is 10.0 Å². The first-order valence-corrected chi connectivity index (χ1v) is 9.54. The number of hydrogen-bond donors (Lipinski definition) is 2. The maximum atomic E-state index is 11.9. The van der Waals surface area contributed by atoms with Gasteiger partial charge in [0.1, 0.15) is 0 Å². The summed E-state index contributed by atoms with van der Waals surface area (Å²) in [6.45, 7) is 4.38. The van der Waals surface area contributed by atoms with E-state index in [1.807, 2.05) is 0 Å². The molecule has 0 saturated carbocycles. The summed E-state index contributed by atoms with van der Waals surface area (Å²) >= 11 is 0. The van der Waals surface area contributed by atoms with Crippen LogP contribution in [0.3, 0.4) is 0 Å². The summed E-state index contributed by atoms with van der Waals surface area (Å²) in [7, 11) is -1.47. The summed E-state index contributed by atoms with van der Waals surface area (Å²) in [6, 6.07) is 0. The monoisotopic (exact) mass is 322 g/mol. The van der Waals surface area contributed by atoms with Crippen LogP contribution in [0.25, 0.3) is 0 Å². The molecule has 0 unspecified atom stereocenters. The lowest BCUT2D eigenvalue weighted by Gasteiger charge is -2.22. The highest BCUT2D eigenvalue weighted by Crippen LogP contribution is 2.16. The summed E-state index contributed by atoms with van der Waals surface area (Å²) < 4.78 is 36.6. The van der Waals surface area contributed by atoms with Crippen molar-refractivity contribution in [3.63, 3.8) is 0 Å². The molecule has 0 radical (unpaired) electrons. The van der Waals surface area contributed by atoms with Gasteiger partial charge in [-0.3, -0.25) is 0 Å². The fourth-order valence-corrected chi connectivity index (χ4v) is 3.61. The number of rotatable bonds is 12. The molecule has 0 aromatic rings. The SMILES string of the molecule is COCCOCCCCNS(=O)(=O)CCC1CCNCC1. The molecule has 0 amide bonds. The first-order chi connectivity index (χ1) is 10.1. The number of methoxy groups -OCH3 is 1. The second-order valence-electron chi connectivity index (χ2n) is 5.51. The molecule has 1 saturated heterocycles. The van der Waals surface area contributed by atoms with Crippen molar-refractivity contribution in [1.82, 2.24) is 10.0 Å². The van der Waals surface area contributed by atoms with Crippen LogP contribution in [0, 0.1) is 5.92 Å². The van der Waals surface area contributed by atoms with E-state index in [0.717, 1.165) is 45.2 Å². The number of piperidine rings is 1. The van der Waals surface area contributed by atoms with Gasteiger partial charge in [0.2, 0.25) is 10.0 Å². The van der Waals surface area contributed by atoms with Crippen LogP contribution in [-0.4, -0.2) is 60.7 Å². The van der Waals surface area contributed by atoms with Gasteiger partial charge in [-0.05, 0) is 51.1 Å². The quantitative estimate of drug-likeness (QED) is 0.518. The van der Waals surface area contributed by atoms with Crippen LogP contribution in [0.1, 0.15) is 32.1 Å². The van der Waals surface area contributed by atoms with Gasteiger partial charge in [0.15, 0.2) is 0 Å². The van der Waals surface area contributed by atoms with E-state index in [9.17, 15) is 8.42 Å². The van der Waals surface area contributed by atoms with Gasteiger partial charge in [-0.25, -0.2) is 13.1 Å². The zero-order valence-corrected chi connectivity index (χ0v) is 13.9. The maximum Gasteiger partial charge on any atom is 0.211 e. The van der Waals surface area contributed by atoms with E-state index >= 15 is 0 Å². The van der Waals surface area contributed by atoms with Crippen LogP contribution in [0.5, 0.6) is 0 Å². The molecule has 1 aliphatic heterocycles. The zero-order valence-electron chi connectivity index (χ0n) is 13.1. The molecule has 1 fully saturated rings. The molecule has 0 aromatic carbocycles. The lowest BCUT2D eigenvalue weighted by atomic mass is 9.96. The van der Waals surface area contributed by atoms with E-state index in [4.69, 9.17) is 9.47 Å². The molecule has 0 aliphatic carbocycles. The first kappa shape index (κ1) is 18.8. The standard InChI is InChI=1S/C14H30N2O4S/c1-19-11-12-20-10-3-2-7-16-21(17,18)13-6-14-4-8-15-9-5-14/h14-16H,2-13H2,1H3. The van der Waals surface area contributed by atoms with Crippen molar-refractivity contribution >= 4 is 10.0 Å². The molecule has 0 atom stereocenters.